The van der Waals surface area contributed by atoms with Crippen LogP contribution in [0.3, 0.4) is 0 Å². The summed E-state index contributed by atoms with van der Waals surface area (Å²) < 4.78 is 12.1. The number of nitrogen functional groups attached to an aromatic ring is 1. The predicted octanol–water partition coefficient (Wildman–Crippen LogP) is 3.23. The van der Waals surface area contributed by atoms with Crippen LogP contribution in [0.25, 0.3) is 0 Å². The minimum Gasteiger partial charge on any atom is -0.399 e. The summed E-state index contributed by atoms with van der Waals surface area (Å²) in [6.45, 7) is 0. The molecular formula is C13H12ClNOS. The van der Waals surface area contributed by atoms with E-state index in [9.17, 15) is 4.21 Å². The van der Waals surface area contributed by atoms with Crippen molar-refractivity contribution in [3.05, 3.63) is 59.1 Å². The fourth-order valence-corrected chi connectivity index (χ4v) is 3.03. The van der Waals surface area contributed by atoms with E-state index in [1.165, 1.54) is 0 Å². The standard InChI is InChI=1S/C13H12ClNOS/c14-12-3-1-2-4-13(12)17(16)9-10-5-7-11(15)8-6-10/h1-8H,9,15H2. The summed E-state index contributed by atoms with van der Waals surface area (Å²) in [6, 6.07) is 14.6. The Morgan fingerprint density at radius 1 is 1.06 bits per heavy atom. The molecule has 4 heteroatoms. The van der Waals surface area contributed by atoms with Crippen LogP contribution in [0.5, 0.6) is 0 Å². The zero-order valence-corrected chi connectivity index (χ0v) is 10.7. The second-order valence-corrected chi connectivity index (χ2v) is 5.49. The lowest BCUT2D eigenvalue weighted by Gasteiger charge is -2.04. The van der Waals surface area contributed by atoms with Gasteiger partial charge < -0.3 is 5.73 Å². The molecule has 1 unspecified atom stereocenters. The largest absolute Gasteiger partial charge is 0.399 e. The summed E-state index contributed by atoms with van der Waals surface area (Å²) >= 11 is 6.00. The van der Waals surface area contributed by atoms with Crippen LogP contribution in [0.15, 0.2) is 53.4 Å². The second-order valence-electron chi connectivity index (χ2n) is 3.66. The zero-order chi connectivity index (χ0) is 12.3. The van der Waals surface area contributed by atoms with Crippen LogP contribution in [0.4, 0.5) is 5.69 Å². The van der Waals surface area contributed by atoms with Gasteiger partial charge in [0.2, 0.25) is 0 Å². The number of hydrogen-bond donors (Lipinski definition) is 1. The van der Waals surface area contributed by atoms with Crippen molar-refractivity contribution in [2.24, 2.45) is 0 Å². The summed E-state index contributed by atoms with van der Waals surface area (Å²) in [7, 11) is -1.13. The molecule has 2 aromatic rings. The molecule has 0 heterocycles. The van der Waals surface area contributed by atoms with Crippen LogP contribution in [0, 0.1) is 0 Å². The number of benzene rings is 2. The molecule has 0 radical (unpaired) electrons. The fraction of sp³-hybridized carbons (Fsp3) is 0.0769. The SMILES string of the molecule is Nc1ccc(CS(=O)c2ccccc2Cl)cc1. The Balaban J connectivity index is 2.17. The van der Waals surface area contributed by atoms with Crippen molar-refractivity contribution in [1.82, 2.24) is 0 Å². The molecule has 1 atom stereocenters. The fourth-order valence-electron chi connectivity index (χ4n) is 1.47. The van der Waals surface area contributed by atoms with Crippen LogP contribution in [-0.4, -0.2) is 4.21 Å². The Morgan fingerprint density at radius 3 is 2.35 bits per heavy atom. The Bertz CT molecular complexity index is 539. The van der Waals surface area contributed by atoms with Crippen molar-refractivity contribution in [3.63, 3.8) is 0 Å². The first-order chi connectivity index (χ1) is 8.16. The molecule has 88 valence electrons. The van der Waals surface area contributed by atoms with Gasteiger partial charge in [-0.1, -0.05) is 35.9 Å². The monoisotopic (exact) mass is 265 g/mol. The lowest BCUT2D eigenvalue weighted by atomic mass is 10.2. The van der Waals surface area contributed by atoms with E-state index in [2.05, 4.69) is 0 Å². The minimum absolute atomic E-state index is 0.448. The van der Waals surface area contributed by atoms with E-state index in [4.69, 9.17) is 17.3 Å². The Morgan fingerprint density at radius 2 is 1.71 bits per heavy atom. The number of hydrogen-bond acceptors (Lipinski definition) is 2. The van der Waals surface area contributed by atoms with Crippen LogP contribution in [0.2, 0.25) is 5.02 Å². The van der Waals surface area contributed by atoms with Gasteiger partial charge in [-0.25, -0.2) is 0 Å². The maximum atomic E-state index is 12.1. The molecule has 2 rings (SSSR count). The van der Waals surface area contributed by atoms with Crippen molar-refractivity contribution in [2.45, 2.75) is 10.6 Å². The third-order valence-electron chi connectivity index (χ3n) is 2.36. The van der Waals surface area contributed by atoms with Crippen LogP contribution >= 0.6 is 11.6 Å². The van der Waals surface area contributed by atoms with Crippen LogP contribution in [0.1, 0.15) is 5.56 Å². The molecule has 0 aliphatic rings. The molecule has 0 amide bonds. The maximum Gasteiger partial charge on any atom is 0.0589 e. The molecular weight excluding hydrogens is 254 g/mol. The summed E-state index contributed by atoms with van der Waals surface area (Å²) in [4.78, 5) is 0.672. The predicted molar refractivity (Wildman–Crippen MR) is 72.4 cm³/mol. The van der Waals surface area contributed by atoms with Crippen molar-refractivity contribution in [2.75, 3.05) is 5.73 Å². The number of halogens is 1. The Hall–Kier alpha value is -1.32. The summed E-state index contributed by atoms with van der Waals surface area (Å²) in [6.07, 6.45) is 0. The highest BCUT2D eigenvalue weighted by molar-refractivity contribution is 7.84. The van der Waals surface area contributed by atoms with Crippen molar-refractivity contribution in [1.29, 1.82) is 0 Å². The quantitative estimate of drug-likeness (QED) is 0.866. The highest BCUT2D eigenvalue weighted by Crippen LogP contribution is 2.21. The molecule has 0 saturated heterocycles. The minimum atomic E-state index is -1.13. The molecule has 0 saturated carbocycles. The van der Waals surface area contributed by atoms with Crippen LogP contribution < -0.4 is 5.73 Å². The molecule has 0 spiro atoms. The Labute approximate surface area is 108 Å². The highest BCUT2D eigenvalue weighted by Gasteiger charge is 2.08. The zero-order valence-electron chi connectivity index (χ0n) is 9.10. The average Bonchev–Trinajstić information content (AvgIpc) is 2.32. The third kappa shape index (κ3) is 3.08. The molecule has 17 heavy (non-hydrogen) atoms. The number of anilines is 1. The Kier molecular flexibility index (Phi) is 3.82. The van der Waals surface area contributed by atoms with Gasteiger partial charge in [0.15, 0.2) is 0 Å². The van der Waals surface area contributed by atoms with Gasteiger partial charge in [0, 0.05) is 5.69 Å². The normalized spacial score (nSPS) is 12.3. The molecule has 0 fully saturated rings. The molecule has 0 aromatic heterocycles. The molecule has 2 nitrogen and oxygen atoms in total. The lowest BCUT2D eigenvalue weighted by molar-refractivity contribution is 0.682. The van der Waals surface area contributed by atoms with Gasteiger partial charge in [-0.3, -0.25) is 4.21 Å². The average molecular weight is 266 g/mol. The summed E-state index contributed by atoms with van der Waals surface area (Å²) in [5.41, 5.74) is 7.29. The van der Waals surface area contributed by atoms with Crippen molar-refractivity contribution >= 4 is 28.1 Å². The van der Waals surface area contributed by atoms with Gasteiger partial charge in [-0.15, -0.1) is 0 Å². The van der Waals surface area contributed by atoms with Gasteiger partial charge in [0.05, 0.1) is 26.5 Å². The molecule has 0 bridgehead atoms. The smallest absolute Gasteiger partial charge is 0.0589 e. The van der Waals surface area contributed by atoms with E-state index in [0.29, 0.717) is 21.4 Å². The first kappa shape index (κ1) is 12.1. The van der Waals surface area contributed by atoms with Gasteiger partial charge >= 0.3 is 0 Å². The van der Waals surface area contributed by atoms with E-state index >= 15 is 0 Å². The highest BCUT2D eigenvalue weighted by atomic mass is 35.5. The lowest BCUT2D eigenvalue weighted by Crippen LogP contribution is -1.97. The molecule has 0 aliphatic heterocycles. The molecule has 2 N–H and O–H groups in total. The molecule has 2 aromatic carbocycles. The number of rotatable bonds is 3. The summed E-state index contributed by atoms with van der Waals surface area (Å²) in [5, 5.41) is 0.543. The topological polar surface area (TPSA) is 43.1 Å². The van der Waals surface area contributed by atoms with Crippen LogP contribution in [-0.2, 0) is 16.6 Å². The van der Waals surface area contributed by atoms with Gasteiger partial charge in [0.25, 0.3) is 0 Å². The molecule has 0 aliphatic carbocycles. The number of nitrogens with two attached hydrogens (primary N) is 1. The van der Waals surface area contributed by atoms with Gasteiger partial charge in [0.1, 0.15) is 0 Å². The second kappa shape index (κ2) is 5.34. The third-order valence-corrected chi connectivity index (χ3v) is 4.24. The first-order valence-corrected chi connectivity index (χ1v) is 6.84. The van der Waals surface area contributed by atoms with E-state index in [-0.39, 0.29) is 0 Å². The van der Waals surface area contributed by atoms with E-state index in [0.717, 1.165) is 5.56 Å². The van der Waals surface area contributed by atoms with Crippen molar-refractivity contribution in [3.8, 4) is 0 Å². The van der Waals surface area contributed by atoms with E-state index in [1.807, 2.05) is 24.3 Å². The van der Waals surface area contributed by atoms with Gasteiger partial charge in [-0.05, 0) is 29.8 Å². The van der Waals surface area contributed by atoms with E-state index < -0.39 is 10.8 Å². The van der Waals surface area contributed by atoms with E-state index in [1.54, 1.807) is 24.3 Å². The van der Waals surface area contributed by atoms with Gasteiger partial charge in [-0.2, -0.15) is 0 Å². The maximum absolute atomic E-state index is 12.1. The first-order valence-electron chi connectivity index (χ1n) is 5.14. The van der Waals surface area contributed by atoms with Crippen molar-refractivity contribution < 1.29 is 4.21 Å². The summed E-state index contributed by atoms with van der Waals surface area (Å²) in [5.74, 6) is 0.448.